The van der Waals surface area contributed by atoms with Crippen molar-refractivity contribution in [3.05, 3.63) is 93.4 Å². The van der Waals surface area contributed by atoms with Gasteiger partial charge >= 0.3 is 0 Å². The van der Waals surface area contributed by atoms with Crippen molar-refractivity contribution in [2.24, 2.45) is 0 Å². The van der Waals surface area contributed by atoms with Crippen molar-refractivity contribution in [1.82, 2.24) is 5.43 Å². The van der Waals surface area contributed by atoms with Crippen molar-refractivity contribution in [1.29, 1.82) is 0 Å². The molecule has 1 saturated heterocycles. The molecule has 1 aliphatic rings. The summed E-state index contributed by atoms with van der Waals surface area (Å²) in [5.41, 5.74) is 4.11. The third-order valence-electron chi connectivity index (χ3n) is 4.66. The van der Waals surface area contributed by atoms with Crippen molar-refractivity contribution in [3.8, 4) is 5.75 Å². The van der Waals surface area contributed by atoms with Crippen LogP contribution in [0.3, 0.4) is 0 Å². The summed E-state index contributed by atoms with van der Waals surface area (Å²) in [7, 11) is 0. The zero-order valence-electron chi connectivity index (χ0n) is 17.0. The maximum absolute atomic E-state index is 12.9. The topological polar surface area (TPSA) is 87.7 Å². The van der Waals surface area contributed by atoms with Crippen LogP contribution in [0.5, 0.6) is 5.75 Å². The lowest BCUT2D eigenvalue weighted by molar-refractivity contribution is -0.118. The average Bonchev–Trinajstić information content (AvgIpc) is 3.09. The summed E-state index contributed by atoms with van der Waals surface area (Å²) in [5, 5.41) is 4.46. The van der Waals surface area contributed by atoms with Crippen LogP contribution in [0, 0.1) is 0 Å². The third-order valence-corrected chi connectivity index (χ3v) is 5.41. The second-order valence-corrected chi connectivity index (χ2v) is 8.35. The van der Waals surface area contributed by atoms with Crippen LogP contribution in [-0.4, -0.2) is 24.3 Å². The van der Waals surface area contributed by atoms with E-state index in [1.165, 1.54) is 11.1 Å². The van der Waals surface area contributed by atoms with E-state index in [9.17, 15) is 14.4 Å². The number of ether oxygens (including phenoxy) is 1. The Bertz CT molecular complexity index is 1250. The lowest BCUT2D eigenvalue weighted by atomic mass is 10.1. The average molecular weight is 527 g/mol. The predicted octanol–water partition coefficient (Wildman–Crippen LogP) is 4.58. The van der Waals surface area contributed by atoms with Crippen LogP contribution in [0.2, 0.25) is 5.02 Å². The highest BCUT2D eigenvalue weighted by molar-refractivity contribution is 9.10. The van der Waals surface area contributed by atoms with E-state index in [1.807, 2.05) is 6.07 Å². The van der Waals surface area contributed by atoms with Gasteiger partial charge in [-0.3, -0.25) is 19.8 Å². The standard InChI is InChI=1S/C24H17BrClN3O4/c25-16-6-11-21(33-14-22(30)27-18-9-7-17(26)8-10-18)15(12-16)13-20-23(31)28-29(24(20)32)19-4-2-1-3-5-19/h1-13H,14H2,(H,27,30)(H,28,31)/b20-13-. The van der Waals surface area contributed by atoms with Crippen LogP contribution in [0.25, 0.3) is 6.08 Å². The largest absolute Gasteiger partial charge is 0.483 e. The van der Waals surface area contributed by atoms with Gasteiger partial charge in [0.1, 0.15) is 11.3 Å². The molecule has 7 nitrogen and oxygen atoms in total. The number of carbonyl (C=O) groups excluding carboxylic acids is 3. The Morgan fingerprint density at radius 3 is 2.52 bits per heavy atom. The smallest absolute Gasteiger partial charge is 0.282 e. The first kappa shape index (κ1) is 22.6. The Hall–Kier alpha value is -3.62. The number of hydrogen-bond donors (Lipinski definition) is 2. The molecular formula is C24H17BrClN3O4. The second kappa shape index (κ2) is 9.89. The molecule has 9 heteroatoms. The number of nitrogens with one attached hydrogen (secondary N) is 2. The molecule has 3 amide bonds. The van der Waals surface area contributed by atoms with Gasteiger partial charge < -0.3 is 10.1 Å². The van der Waals surface area contributed by atoms with E-state index in [0.717, 1.165) is 4.47 Å². The number of nitrogens with zero attached hydrogens (tertiary/aromatic N) is 1. The van der Waals surface area contributed by atoms with Crippen LogP contribution in [-0.2, 0) is 14.4 Å². The molecule has 3 aromatic rings. The monoisotopic (exact) mass is 525 g/mol. The van der Waals surface area contributed by atoms with Crippen LogP contribution in [0.4, 0.5) is 11.4 Å². The van der Waals surface area contributed by atoms with Crippen molar-refractivity contribution in [2.45, 2.75) is 0 Å². The number of hydrogen-bond acceptors (Lipinski definition) is 4. The van der Waals surface area contributed by atoms with Gasteiger partial charge in [0.05, 0.1) is 5.69 Å². The Labute approximate surface area is 203 Å². The van der Waals surface area contributed by atoms with E-state index >= 15 is 0 Å². The minimum atomic E-state index is -0.532. The highest BCUT2D eigenvalue weighted by Crippen LogP contribution is 2.28. The Morgan fingerprint density at radius 1 is 1.06 bits per heavy atom. The number of para-hydroxylation sites is 1. The number of halogens is 2. The molecule has 0 aromatic heterocycles. The number of benzene rings is 3. The summed E-state index contributed by atoms with van der Waals surface area (Å²) in [6.07, 6.45) is 1.44. The summed E-state index contributed by atoms with van der Waals surface area (Å²) >= 11 is 9.24. The fourth-order valence-electron chi connectivity index (χ4n) is 3.11. The number of carbonyl (C=O) groups is 3. The van der Waals surface area contributed by atoms with Crippen LogP contribution in [0.1, 0.15) is 5.56 Å². The fraction of sp³-hybridized carbons (Fsp3) is 0.0417. The zero-order chi connectivity index (χ0) is 23.4. The lowest BCUT2D eigenvalue weighted by Gasteiger charge is -2.14. The number of hydrazine groups is 1. The first-order valence-electron chi connectivity index (χ1n) is 9.80. The molecule has 2 N–H and O–H groups in total. The molecule has 33 heavy (non-hydrogen) atoms. The summed E-state index contributed by atoms with van der Waals surface area (Å²) < 4.78 is 6.40. The molecule has 4 rings (SSSR count). The molecule has 0 saturated carbocycles. The quantitative estimate of drug-likeness (QED) is 0.364. The first-order valence-corrected chi connectivity index (χ1v) is 11.0. The summed E-state index contributed by atoms with van der Waals surface area (Å²) in [5.74, 6) is -1.05. The minimum Gasteiger partial charge on any atom is -0.483 e. The number of anilines is 2. The molecule has 0 aliphatic carbocycles. The third kappa shape index (κ3) is 5.42. The molecule has 0 spiro atoms. The molecule has 166 valence electrons. The van der Waals surface area contributed by atoms with E-state index in [2.05, 4.69) is 26.7 Å². The van der Waals surface area contributed by atoms with Crippen molar-refractivity contribution < 1.29 is 19.1 Å². The summed E-state index contributed by atoms with van der Waals surface area (Å²) in [4.78, 5) is 37.6. The number of amides is 3. The van der Waals surface area contributed by atoms with E-state index in [4.69, 9.17) is 16.3 Å². The van der Waals surface area contributed by atoms with E-state index in [1.54, 1.807) is 66.7 Å². The Morgan fingerprint density at radius 2 is 1.79 bits per heavy atom. The molecule has 3 aromatic carbocycles. The van der Waals surface area contributed by atoms with Gasteiger partial charge in [-0.05, 0) is 60.7 Å². The molecule has 0 bridgehead atoms. The second-order valence-electron chi connectivity index (χ2n) is 7.00. The first-order chi connectivity index (χ1) is 15.9. The van der Waals surface area contributed by atoms with Gasteiger partial charge in [0.15, 0.2) is 6.61 Å². The SMILES string of the molecule is O=C(COc1ccc(Br)cc1/C=C1/C(=O)NN(c2ccccc2)C1=O)Nc1ccc(Cl)cc1. The van der Waals surface area contributed by atoms with Crippen molar-refractivity contribution >= 4 is 62.7 Å². The Balaban J connectivity index is 1.51. The van der Waals surface area contributed by atoms with Crippen molar-refractivity contribution in [3.63, 3.8) is 0 Å². The zero-order valence-corrected chi connectivity index (χ0v) is 19.4. The van der Waals surface area contributed by atoms with Crippen LogP contribution in [0.15, 0.2) is 82.8 Å². The molecule has 0 radical (unpaired) electrons. The fourth-order valence-corrected chi connectivity index (χ4v) is 3.61. The lowest BCUT2D eigenvalue weighted by Crippen LogP contribution is -2.35. The summed E-state index contributed by atoms with van der Waals surface area (Å²) in [6.45, 7) is -0.267. The minimum absolute atomic E-state index is 0.0487. The van der Waals surface area contributed by atoms with Crippen LogP contribution < -0.4 is 20.5 Å². The van der Waals surface area contributed by atoms with Gasteiger partial charge in [0, 0.05) is 20.7 Å². The molecule has 1 heterocycles. The number of rotatable bonds is 6. The van der Waals surface area contributed by atoms with Gasteiger partial charge in [-0.15, -0.1) is 0 Å². The van der Waals surface area contributed by atoms with Gasteiger partial charge in [0.2, 0.25) is 0 Å². The van der Waals surface area contributed by atoms with Gasteiger partial charge in [-0.1, -0.05) is 45.7 Å². The van der Waals surface area contributed by atoms with Gasteiger partial charge in [-0.2, -0.15) is 0 Å². The predicted molar refractivity (Wildman–Crippen MR) is 130 cm³/mol. The van der Waals surface area contributed by atoms with Gasteiger partial charge in [0.25, 0.3) is 17.7 Å². The normalized spacial score (nSPS) is 14.4. The molecule has 0 unspecified atom stereocenters. The maximum atomic E-state index is 12.9. The maximum Gasteiger partial charge on any atom is 0.282 e. The highest BCUT2D eigenvalue weighted by atomic mass is 79.9. The van der Waals surface area contributed by atoms with E-state index in [-0.39, 0.29) is 18.1 Å². The Kier molecular flexibility index (Phi) is 6.76. The molecule has 0 atom stereocenters. The highest BCUT2D eigenvalue weighted by Gasteiger charge is 2.34. The molecule has 1 fully saturated rings. The van der Waals surface area contributed by atoms with Crippen molar-refractivity contribution in [2.75, 3.05) is 16.9 Å². The van der Waals surface area contributed by atoms with E-state index < -0.39 is 11.8 Å². The molecule has 1 aliphatic heterocycles. The van der Waals surface area contributed by atoms with Gasteiger partial charge in [-0.25, -0.2) is 5.01 Å². The van der Waals surface area contributed by atoms with Crippen LogP contribution >= 0.6 is 27.5 Å². The molecular weight excluding hydrogens is 510 g/mol. The van der Waals surface area contributed by atoms with E-state index in [0.29, 0.717) is 27.7 Å². The summed E-state index contributed by atoms with van der Waals surface area (Å²) in [6, 6.07) is 20.6.